The molecule has 0 aliphatic carbocycles. The molecule has 1 aliphatic rings. The third-order valence-electron chi connectivity index (χ3n) is 4.31. The molecular weight excluding hydrogens is 268 g/mol. The number of pyridine rings is 1. The van der Waals surface area contributed by atoms with Crippen molar-refractivity contribution in [1.82, 2.24) is 4.98 Å². The summed E-state index contributed by atoms with van der Waals surface area (Å²) in [5.74, 6) is 0. The lowest BCUT2D eigenvalue weighted by atomic mass is 9.90. The van der Waals surface area contributed by atoms with Gasteiger partial charge in [0.1, 0.15) is 5.52 Å². The highest BCUT2D eigenvalue weighted by molar-refractivity contribution is 5.97. The summed E-state index contributed by atoms with van der Waals surface area (Å²) in [6, 6.07) is 6.85. The molecule has 0 saturated carbocycles. The Morgan fingerprint density at radius 2 is 2.29 bits per heavy atom. The summed E-state index contributed by atoms with van der Waals surface area (Å²) in [5, 5.41) is 11.7. The molecule has 1 unspecified atom stereocenters. The Morgan fingerprint density at radius 1 is 1.48 bits per heavy atom. The number of non-ortho nitro benzene ring substituents is 1. The summed E-state index contributed by atoms with van der Waals surface area (Å²) in [6.45, 7) is 4.57. The number of nitro benzene ring substituents is 1. The molecule has 0 amide bonds. The summed E-state index contributed by atoms with van der Waals surface area (Å²) in [5.41, 5.74) is 7.69. The number of benzene rings is 1. The minimum atomic E-state index is -0.359. The van der Waals surface area contributed by atoms with Gasteiger partial charge >= 0.3 is 0 Å². The summed E-state index contributed by atoms with van der Waals surface area (Å²) in [7, 11) is 0. The highest BCUT2D eigenvalue weighted by atomic mass is 16.6. The van der Waals surface area contributed by atoms with Crippen LogP contribution in [-0.2, 0) is 0 Å². The van der Waals surface area contributed by atoms with Crippen LogP contribution in [0.2, 0.25) is 0 Å². The average Bonchev–Trinajstić information content (AvgIpc) is 2.89. The van der Waals surface area contributed by atoms with Gasteiger partial charge in [-0.15, -0.1) is 0 Å². The number of aromatic nitrogens is 1. The monoisotopic (exact) mass is 286 g/mol. The molecule has 110 valence electrons. The van der Waals surface area contributed by atoms with Crippen LogP contribution in [0.4, 0.5) is 11.4 Å². The predicted molar refractivity (Wildman–Crippen MR) is 82.4 cm³/mol. The Bertz CT molecular complexity index is 703. The smallest absolute Gasteiger partial charge is 0.278 e. The van der Waals surface area contributed by atoms with Crippen LogP contribution in [0, 0.1) is 15.5 Å². The normalized spacial score (nSPS) is 21.9. The van der Waals surface area contributed by atoms with Crippen LogP contribution in [0.1, 0.15) is 13.3 Å². The molecule has 1 aliphatic heterocycles. The standard InChI is InChI=1S/C15H18N4O2/c1-15(9-16)6-8-18(10-15)13-5-4-12(19(20)21)11-3-2-7-17-14(11)13/h2-5,7H,6,8-10,16H2,1H3. The van der Waals surface area contributed by atoms with E-state index < -0.39 is 0 Å². The maximum absolute atomic E-state index is 11.1. The Balaban J connectivity index is 2.09. The number of rotatable bonds is 3. The van der Waals surface area contributed by atoms with Gasteiger partial charge in [-0.25, -0.2) is 0 Å². The van der Waals surface area contributed by atoms with Crippen molar-refractivity contribution in [3.63, 3.8) is 0 Å². The number of nitrogens with two attached hydrogens (primary N) is 1. The molecule has 1 atom stereocenters. The van der Waals surface area contributed by atoms with Gasteiger partial charge in [0.2, 0.25) is 0 Å². The van der Waals surface area contributed by atoms with Crippen LogP contribution >= 0.6 is 0 Å². The molecule has 21 heavy (non-hydrogen) atoms. The Kier molecular flexibility index (Phi) is 3.25. The molecule has 1 aromatic heterocycles. The Labute approximate surface area is 122 Å². The van der Waals surface area contributed by atoms with E-state index in [0.717, 1.165) is 25.2 Å². The number of fused-ring (bicyclic) bond motifs is 1. The van der Waals surface area contributed by atoms with Gasteiger partial charge in [0, 0.05) is 25.4 Å². The van der Waals surface area contributed by atoms with Crippen molar-refractivity contribution in [1.29, 1.82) is 0 Å². The Morgan fingerprint density at radius 3 is 2.95 bits per heavy atom. The lowest BCUT2D eigenvalue weighted by molar-refractivity contribution is -0.383. The van der Waals surface area contributed by atoms with Gasteiger partial charge in [0.25, 0.3) is 5.69 Å². The van der Waals surface area contributed by atoms with E-state index in [0.29, 0.717) is 17.4 Å². The van der Waals surface area contributed by atoms with Crippen molar-refractivity contribution in [2.75, 3.05) is 24.5 Å². The van der Waals surface area contributed by atoms with Crippen LogP contribution in [0.5, 0.6) is 0 Å². The first-order chi connectivity index (χ1) is 10.0. The van der Waals surface area contributed by atoms with E-state index in [-0.39, 0.29) is 16.0 Å². The molecule has 6 nitrogen and oxygen atoms in total. The van der Waals surface area contributed by atoms with Crippen molar-refractivity contribution >= 4 is 22.3 Å². The first kappa shape index (κ1) is 13.8. The van der Waals surface area contributed by atoms with Gasteiger partial charge in [-0.1, -0.05) is 6.92 Å². The van der Waals surface area contributed by atoms with Crippen molar-refractivity contribution in [2.45, 2.75) is 13.3 Å². The zero-order chi connectivity index (χ0) is 15.0. The molecule has 0 spiro atoms. The van der Waals surface area contributed by atoms with E-state index >= 15 is 0 Å². The number of anilines is 1. The van der Waals surface area contributed by atoms with Crippen molar-refractivity contribution in [3.8, 4) is 0 Å². The zero-order valence-electron chi connectivity index (χ0n) is 12.0. The van der Waals surface area contributed by atoms with E-state index in [4.69, 9.17) is 5.73 Å². The SMILES string of the molecule is CC1(CN)CCN(c2ccc([N+](=O)[O-])c3cccnc23)C1. The fourth-order valence-corrected chi connectivity index (χ4v) is 2.95. The minimum absolute atomic E-state index is 0.0997. The van der Waals surface area contributed by atoms with E-state index in [2.05, 4.69) is 16.8 Å². The molecule has 1 saturated heterocycles. The quantitative estimate of drug-likeness (QED) is 0.691. The van der Waals surface area contributed by atoms with E-state index in [9.17, 15) is 10.1 Å². The summed E-state index contributed by atoms with van der Waals surface area (Å²) in [6.07, 6.45) is 2.70. The van der Waals surface area contributed by atoms with Gasteiger partial charge in [-0.3, -0.25) is 15.1 Å². The van der Waals surface area contributed by atoms with Gasteiger partial charge in [0.15, 0.2) is 0 Å². The molecule has 2 aromatic rings. The summed E-state index contributed by atoms with van der Waals surface area (Å²) >= 11 is 0. The molecule has 3 rings (SSSR count). The first-order valence-electron chi connectivity index (χ1n) is 7.01. The lowest BCUT2D eigenvalue weighted by Crippen LogP contribution is -2.31. The van der Waals surface area contributed by atoms with E-state index in [1.165, 1.54) is 0 Å². The van der Waals surface area contributed by atoms with Crippen LogP contribution in [-0.4, -0.2) is 29.5 Å². The van der Waals surface area contributed by atoms with Crippen molar-refractivity contribution in [2.24, 2.45) is 11.1 Å². The average molecular weight is 286 g/mol. The third kappa shape index (κ3) is 2.31. The van der Waals surface area contributed by atoms with Gasteiger partial charge < -0.3 is 10.6 Å². The molecule has 2 heterocycles. The predicted octanol–water partition coefficient (Wildman–Crippen LogP) is 2.32. The second kappa shape index (κ2) is 4.96. The molecule has 2 N–H and O–H groups in total. The second-order valence-corrected chi connectivity index (χ2v) is 5.95. The van der Waals surface area contributed by atoms with Crippen LogP contribution in [0.15, 0.2) is 30.5 Å². The topological polar surface area (TPSA) is 85.3 Å². The van der Waals surface area contributed by atoms with Gasteiger partial charge in [-0.2, -0.15) is 0 Å². The third-order valence-corrected chi connectivity index (χ3v) is 4.31. The molecule has 6 heteroatoms. The van der Waals surface area contributed by atoms with Gasteiger partial charge in [-0.05, 0) is 36.6 Å². The highest BCUT2D eigenvalue weighted by Crippen LogP contribution is 2.37. The van der Waals surface area contributed by atoms with Crippen LogP contribution < -0.4 is 10.6 Å². The van der Waals surface area contributed by atoms with E-state index in [1.807, 2.05) is 0 Å². The van der Waals surface area contributed by atoms with E-state index in [1.54, 1.807) is 30.5 Å². The van der Waals surface area contributed by atoms with Crippen LogP contribution in [0.25, 0.3) is 10.9 Å². The number of nitrogens with zero attached hydrogens (tertiary/aromatic N) is 3. The van der Waals surface area contributed by atoms with Crippen molar-refractivity contribution < 1.29 is 4.92 Å². The molecule has 1 aromatic carbocycles. The number of nitro groups is 1. The van der Waals surface area contributed by atoms with Gasteiger partial charge in [0.05, 0.1) is 16.0 Å². The molecule has 0 radical (unpaired) electrons. The lowest BCUT2D eigenvalue weighted by Gasteiger charge is -2.24. The minimum Gasteiger partial charge on any atom is -0.369 e. The largest absolute Gasteiger partial charge is 0.369 e. The maximum atomic E-state index is 11.1. The second-order valence-electron chi connectivity index (χ2n) is 5.95. The number of hydrogen-bond acceptors (Lipinski definition) is 5. The fraction of sp³-hybridized carbons (Fsp3) is 0.400. The molecule has 0 bridgehead atoms. The first-order valence-corrected chi connectivity index (χ1v) is 7.01. The fourth-order valence-electron chi connectivity index (χ4n) is 2.95. The molecule has 1 fully saturated rings. The Hall–Kier alpha value is -2.21. The highest BCUT2D eigenvalue weighted by Gasteiger charge is 2.33. The molecular formula is C15H18N4O2. The summed E-state index contributed by atoms with van der Waals surface area (Å²) < 4.78 is 0. The maximum Gasteiger partial charge on any atom is 0.278 e. The van der Waals surface area contributed by atoms with Crippen molar-refractivity contribution in [3.05, 3.63) is 40.6 Å². The summed E-state index contributed by atoms with van der Waals surface area (Å²) in [4.78, 5) is 17.4. The number of hydrogen-bond donors (Lipinski definition) is 1. The van der Waals surface area contributed by atoms with Crippen LogP contribution in [0.3, 0.4) is 0 Å². The zero-order valence-corrected chi connectivity index (χ0v) is 12.0.